The number of hydrogen-bond donors (Lipinski definition) is 1. The molecule has 0 bridgehead atoms. The van der Waals surface area contributed by atoms with Gasteiger partial charge in [-0.1, -0.05) is 6.07 Å². The van der Waals surface area contributed by atoms with E-state index in [-0.39, 0.29) is 29.5 Å². The lowest BCUT2D eigenvalue weighted by atomic mass is 9.91. The van der Waals surface area contributed by atoms with Crippen LogP contribution in [0.15, 0.2) is 55.0 Å². The van der Waals surface area contributed by atoms with Gasteiger partial charge in [-0.2, -0.15) is 5.10 Å². The maximum Gasteiger partial charge on any atom is 0.328 e. The van der Waals surface area contributed by atoms with Gasteiger partial charge in [0.15, 0.2) is 5.82 Å². The van der Waals surface area contributed by atoms with Crippen molar-refractivity contribution in [2.45, 2.75) is 84.2 Å². The lowest BCUT2D eigenvalue weighted by molar-refractivity contribution is -0.129. The molecule has 5 aromatic rings. The number of carbonyl (C=O) groups excluding carboxylic acids is 3. The number of pyridine rings is 1. The second-order valence-corrected chi connectivity index (χ2v) is 18.1. The van der Waals surface area contributed by atoms with Gasteiger partial charge in [0.2, 0.25) is 11.8 Å². The summed E-state index contributed by atoms with van der Waals surface area (Å²) in [4.78, 5) is 52.3. The van der Waals surface area contributed by atoms with Gasteiger partial charge < -0.3 is 28.7 Å². The molecule has 0 atom stereocenters. The molecule has 3 aromatic heterocycles. The van der Waals surface area contributed by atoms with Crippen LogP contribution in [-0.4, -0.2) is 106 Å². The van der Waals surface area contributed by atoms with Crippen molar-refractivity contribution in [3.05, 3.63) is 82.9 Å². The highest BCUT2D eigenvalue weighted by Gasteiger charge is 2.36. The molecule has 0 aliphatic carbocycles. The molecule has 14 nitrogen and oxygen atoms in total. The van der Waals surface area contributed by atoms with Gasteiger partial charge in [0, 0.05) is 118 Å². The number of benzene rings is 2. The Morgan fingerprint density at radius 1 is 0.906 bits per heavy atom. The number of ether oxygens (including phenoxy) is 1. The van der Waals surface area contributed by atoms with E-state index in [1.807, 2.05) is 28.4 Å². The number of methoxy groups -OCH3 is 1. The number of aromatic nitrogens is 4. The number of likely N-dealkylation sites (tertiary alicyclic amines) is 1. The van der Waals surface area contributed by atoms with Crippen molar-refractivity contribution >= 4 is 46.4 Å². The van der Waals surface area contributed by atoms with Crippen LogP contribution in [0.2, 0.25) is 0 Å². The first kappa shape index (κ1) is 42.0. The van der Waals surface area contributed by atoms with Gasteiger partial charge in [-0.05, 0) is 98.4 Å². The fraction of sp³-hybridized carbons (Fsp3) is 0.479. The van der Waals surface area contributed by atoms with Crippen LogP contribution in [0.25, 0.3) is 16.8 Å². The Morgan fingerprint density at radius 2 is 1.72 bits per heavy atom. The normalized spacial score (nSPS) is 19.1. The van der Waals surface area contributed by atoms with E-state index in [4.69, 9.17) is 9.84 Å². The molecule has 8 heterocycles. The molecule has 3 fully saturated rings. The zero-order chi connectivity index (χ0) is 44.2. The van der Waals surface area contributed by atoms with Crippen molar-refractivity contribution in [2.24, 2.45) is 5.92 Å². The maximum atomic E-state index is 15.2. The number of nitrogens with one attached hydrogen (secondary N) is 1. The van der Waals surface area contributed by atoms with Crippen LogP contribution >= 0.6 is 0 Å². The SMILES string of the molecule is COc1cn2ccnc2cc1-c1cc2c(cc1C(F)F)N(c1nn(C3CCN(CC4CCN(c5ccc(C)c(N6CCC(=O)NC6=O)c5)CC4)CC3)c3c1CN(C(C)=O)CC3)CCC2. The van der Waals surface area contributed by atoms with Crippen LogP contribution in [0.1, 0.15) is 85.9 Å². The smallest absolute Gasteiger partial charge is 0.328 e. The highest BCUT2D eigenvalue weighted by Crippen LogP contribution is 2.45. The van der Waals surface area contributed by atoms with Crippen LogP contribution in [0, 0.1) is 12.8 Å². The molecular weight excluding hydrogens is 819 g/mol. The number of nitrogens with zero attached hydrogens (tertiary/aromatic N) is 9. The number of piperidine rings is 2. The zero-order valence-electron chi connectivity index (χ0n) is 36.9. The molecule has 0 radical (unpaired) electrons. The molecule has 0 spiro atoms. The number of amides is 4. The molecule has 5 aliphatic heterocycles. The number of fused-ring (bicyclic) bond motifs is 3. The van der Waals surface area contributed by atoms with Gasteiger partial charge in [-0.25, -0.2) is 18.6 Å². The molecule has 336 valence electrons. The summed E-state index contributed by atoms with van der Waals surface area (Å²) in [5, 5.41) is 7.84. The molecule has 2 aromatic carbocycles. The molecule has 4 amide bonds. The van der Waals surface area contributed by atoms with E-state index in [1.165, 1.54) is 0 Å². The van der Waals surface area contributed by atoms with E-state index in [1.54, 1.807) is 43.6 Å². The predicted octanol–water partition coefficient (Wildman–Crippen LogP) is 7.44. The van der Waals surface area contributed by atoms with Crippen LogP contribution in [-0.2, 0) is 29.0 Å². The second-order valence-electron chi connectivity index (χ2n) is 18.1. The fourth-order valence-electron chi connectivity index (χ4n) is 10.8. The fourth-order valence-corrected chi connectivity index (χ4v) is 10.8. The number of hydrogen-bond acceptors (Lipinski definition) is 9. The Labute approximate surface area is 371 Å². The van der Waals surface area contributed by atoms with E-state index in [2.05, 4.69) is 47.9 Å². The third kappa shape index (κ3) is 7.83. The van der Waals surface area contributed by atoms with E-state index in [9.17, 15) is 14.4 Å². The van der Waals surface area contributed by atoms with Gasteiger partial charge in [-0.3, -0.25) is 24.5 Å². The summed E-state index contributed by atoms with van der Waals surface area (Å²) in [5.41, 5.74) is 8.47. The molecule has 16 heteroatoms. The number of anilines is 4. The largest absolute Gasteiger partial charge is 0.495 e. The summed E-state index contributed by atoms with van der Waals surface area (Å²) in [5.74, 6) is 1.64. The van der Waals surface area contributed by atoms with Gasteiger partial charge in [-0.15, -0.1) is 0 Å². The summed E-state index contributed by atoms with van der Waals surface area (Å²) >= 11 is 0. The van der Waals surface area contributed by atoms with Gasteiger partial charge in [0.1, 0.15) is 11.4 Å². The van der Waals surface area contributed by atoms with Crippen LogP contribution in [0.5, 0.6) is 5.75 Å². The van der Waals surface area contributed by atoms with Gasteiger partial charge >= 0.3 is 6.03 Å². The topological polar surface area (TPSA) is 124 Å². The van der Waals surface area contributed by atoms with Crippen molar-refractivity contribution in [3.8, 4) is 16.9 Å². The predicted molar refractivity (Wildman–Crippen MR) is 241 cm³/mol. The quantitative estimate of drug-likeness (QED) is 0.161. The average molecular weight is 875 g/mol. The number of rotatable bonds is 9. The molecule has 3 saturated heterocycles. The first-order chi connectivity index (χ1) is 31.0. The summed E-state index contributed by atoms with van der Waals surface area (Å²) < 4.78 is 40.1. The van der Waals surface area contributed by atoms with Crippen LogP contribution in [0.3, 0.4) is 0 Å². The number of aryl methyl sites for hydroxylation is 2. The Morgan fingerprint density at radius 3 is 2.47 bits per heavy atom. The van der Waals surface area contributed by atoms with E-state index < -0.39 is 6.43 Å². The Hall–Kier alpha value is -6.03. The summed E-state index contributed by atoms with van der Waals surface area (Å²) in [6.07, 6.45) is 9.20. The van der Waals surface area contributed by atoms with Crippen molar-refractivity contribution in [2.75, 3.05) is 74.2 Å². The van der Waals surface area contributed by atoms with Crippen molar-refractivity contribution < 1.29 is 27.9 Å². The monoisotopic (exact) mass is 874 g/mol. The first-order valence-electron chi connectivity index (χ1n) is 22.8. The zero-order valence-corrected chi connectivity index (χ0v) is 36.9. The third-order valence-corrected chi connectivity index (χ3v) is 14.3. The molecular formula is C48H56F2N10O4. The molecule has 0 saturated carbocycles. The highest BCUT2D eigenvalue weighted by atomic mass is 19.3. The highest BCUT2D eigenvalue weighted by molar-refractivity contribution is 6.06. The Kier molecular flexibility index (Phi) is 11.3. The van der Waals surface area contributed by atoms with Gasteiger partial charge in [0.05, 0.1) is 31.6 Å². The number of imidazole rings is 1. The van der Waals surface area contributed by atoms with E-state index >= 15 is 8.78 Å². The van der Waals surface area contributed by atoms with E-state index in [0.717, 1.165) is 117 Å². The van der Waals surface area contributed by atoms with Crippen LogP contribution < -0.4 is 24.8 Å². The average Bonchev–Trinajstić information content (AvgIpc) is 3.93. The molecule has 1 N–H and O–H groups in total. The van der Waals surface area contributed by atoms with Gasteiger partial charge in [0.25, 0.3) is 6.43 Å². The van der Waals surface area contributed by atoms with Crippen molar-refractivity contribution in [3.63, 3.8) is 0 Å². The molecule has 0 unspecified atom stereocenters. The molecule has 64 heavy (non-hydrogen) atoms. The second kappa shape index (κ2) is 17.2. The molecule has 10 rings (SSSR count). The number of carbonyl (C=O) groups is 3. The number of imide groups is 1. The Bertz CT molecular complexity index is 2610. The number of halogens is 2. The minimum Gasteiger partial charge on any atom is -0.495 e. The lowest BCUT2D eigenvalue weighted by Crippen LogP contribution is -2.49. The lowest BCUT2D eigenvalue weighted by Gasteiger charge is -2.39. The summed E-state index contributed by atoms with van der Waals surface area (Å²) in [7, 11) is 1.55. The van der Waals surface area contributed by atoms with Crippen LogP contribution in [0.4, 0.5) is 36.5 Å². The van der Waals surface area contributed by atoms with Crippen molar-refractivity contribution in [1.82, 2.24) is 34.3 Å². The first-order valence-corrected chi connectivity index (χ1v) is 22.8. The minimum atomic E-state index is -2.73. The van der Waals surface area contributed by atoms with Crippen molar-refractivity contribution in [1.29, 1.82) is 0 Å². The summed E-state index contributed by atoms with van der Waals surface area (Å²) in [6, 6.07) is 11.5. The third-order valence-electron chi connectivity index (χ3n) is 14.3. The Balaban J connectivity index is 0.849. The maximum absolute atomic E-state index is 15.2. The number of alkyl halides is 2. The summed E-state index contributed by atoms with van der Waals surface area (Å²) in [6.45, 7) is 10.6. The minimum absolute atomic E-state index is 0.0180. The number of urea groups is 1. The standard InChI is InChI=1S/C48H56F2N10O4/c1-30-6-7-35(24-41(30)59-21-13-45(62)52-48(59)63)55-18-8-32(9-19-55)27-54-16-10-34(11-17-54)60-40-12-20-56(31(2)61)28-39(40)47(53-60)58-15-4-5-33-23-36(38(46(49)50)25-42(33)58)37-26-44-51-14-22-57(44)29-43(37)64-3/h6-7,14,22-26,29,32,34,46H,4-5,8-13,15-21,27-28H2,1-3H3,(H,52,62,63). The van der Waals surface area contributed by atoms with E-state index in [0.29, 0.717) is 67.5 Å². The molecule has 5 aliphatic rings.